The van der Waals surface area contributed by atoms with E-state index in [1.54, 1.807) is 36.4 Å². The van der Waals surface area contributed by atoms with E-state index in [-0.39, 0.29) is 17.9 Å². The molecule has 0 aliphatic rings. The number of anilines is 1. The second-order valence-electron chi connectivity index (χ2n) is 6.40. The third-order valence-electron chi connectivity index (χ3n) is 4.46. The minimum Gasteiger partial charge on any atom is -0.444 e. The molecular weight excluding hydrogens is 392 g/mol. The number of rotatable bonds is 5. The molecule has 0 saturated carbocycles. The number of ether oxygens (including phenoxy) is 1. The smallest absolute Gasteiger partial charge is 0.412 e. The molecule has 0 atom stereocenters. The number of pyridine rings is 1. The Labute approximate surface area is 169 Å². The predicted octanol–water partition coefficient (Wildman–Crippen LogP) is 4.82. The Kier molecular flexibility index (Phi) is 5.21. The van der Waals surface area contributed by atoms with Gasteiger partial charge in [-0.05, 0) is 29.8 Å². The number of nitrogens with zero attached hydrogens (tertiary/aromatic N) is 1. The Balaban J connectivity index is 1.57. The lowest BCUT2D eigenvalue weighted by Crippen LogP contribution is -2.17. The van der Waals surface area contributed by atoms with Gasteiger partial charge < -0.3 is 9.72 Å². The zero-order chi connectivity index (χ0) is 21.1. The molecule has 4 rings (SSSR count). The quantitative estimate of drug-likeness (QED) is 0.465. The van der Waals surface area contributed by atoms with E-state index in [0.29, 0.717) is 11.0 Å². The molecule has 2 aromatic heterocycles. The summed E-state index contributed by atoms with van der Waals surface area (Å²) in [5.41, 5.74) is 0.0903. The van der Waals surface area contributed by atoms with Crippen LogP contribution in [0.4, 0.5) is 19.3 Å². The van der Waals surface area contributed by atoms with Crippen molar-refractivity contribution in [3.63, 3.8) is 0 Å². The molecule has 0 fully saturated rings. The molecule has 0 bridgehead atoms. The monoisotopic (exact) mass is 407 g/mol. The molecule has 0 unspecified atom stereocenters. The Morgan fingerprint density at radius 3 is 2.63 bits per heavy atom. The van der Waals surface area contributed by atoms with Crippen molar-refractivity contribution in [2.45, 2.75) is 6.61 Å². The third-order valence-corrected chi connectivity index (χ3v) is 4.46. The highest BCUT2D eigenvalue weighted by Crippen LogP contribution is 2.26. The standard InChI is InChI=1S/C22H15F2N3O3/c23-16-8-9-17(27-22(29)30-12-13-5-2-1-3-6-13)19(24)18(16)20(28)15-11-26-21-14(15)7-4-10-25-21/h1-11H,12H2,(H,25,26)(H,27,29). The number of ketones is 1. The van der Waals surface area contributed by atoms with Crippen molar-refractivity contribution in [3.05, 3.63) is 95.3 Å². The summed E-state index contributed by atoms with van der Waals surface area (Å²) in [6.45, 7) is -0.0242. The summed E-state index contributed by atoms with van der Waals surface area (Å²) in [7, 11) is 0. The maximum absolute atomic E-state index is 14.9. The molecule has 0 aliphatic heterocycles. The molecule has 6 nitrogen and oxygen atoms in total. The van der Waals surface area contributed by atoms with E-state index < -0.39 is 29.1 Å². The van der Waals surface area contributed by atoms with Crippen LogP contribution in [0.1, 0.15) is 21.5 Å². The molecule has 2 aromatic carbocycles. The summed E-state index contributed by atoms with van der Waals surface area (Å²) in [6.07, 6.45) is 1.94. The molecule has 0 radical (unpaired) electrons. The minimum absolute atomic E-state index is 0.0242. The van der Waals surface area contributed by atoms with Crippen LogP contribution in [0, 0.1) is 11.6 Å². The topological polar surface area (TPSA) is 84.1 Å². The molecule has 2 N–H and O–H groups in total. The number of fused-ring (bicyclic) bond motifs is 1. The second-order valence-corrected chi connectivity index (χ2v) is 6.40. The van der Waals surface area contributed by atoms with E-state index in [4.69, 9.17) is 4.74 Å². The van der Waals surface area contributed by atoms with Crippen LogP contribution in [-0.4, -0.2) is 21.8 Å². The van der Waals surface area contributed by atoms with E-state index in [1.807, 2.05) is 6.07 Å². The Morgan fingerprint density at radius 1 is 1.03 bits per heavy atom. The lowest BCUT2D eigenvalue weighted by molar-refractivity contribution is 0.103. The summed E-state index contributed by atoms with van der Waals surface area (Å²) < 4.78 is 34.3. The minimum atomic E-state index is -1.19. The first-order valence-corrected chi connectivity index (χ1v) is 8.97. The van der Waals surface area contributed by atoms with Gasteiger partial charge >= 0.3 is 6.09 Å². The van der Waals surface area contributed by atoms with Crippen LogP contribution in [0.25, 0.3) is 11.0 Å². The van der Waals surface area contributed by atoms with Crippen molar-refractivity contribution in [2.24, 2.45) is 0 Å². The van der Waals surface area contributed by atoms with Gasteiger partial charge in [-0.2, -0.15) is 0 Å². The van der Waals surface area contributed by atoms with Crippen LogP contribution in [0.5, 0.6) is 0 Å². The van der Waals surface area contributed by atoms with Gasteiger partial charge in [-0.1, -0.05) is 30.3 Å². The van der Waals surface area contributed by atoms with E-state index in [0.717, 1.165) is 17.7 Å². The number of benzene rings is 2. The fourth-order valence-corrected chi connectivity index (χ4v) is 3.00. The van der Waals surface area contributed by atoms with Gasteiger partial charge in [0.2, 0.25) is 5.78 Å². The van der Waals surface area contributed by atoms with Gasteiger partial charge in [-0.25, -0.2) is 18.6 Å². The number of halogens is 2. The first-order valence-electron chi connectivity index (χ1n) is 8.97. The second kappa shape index (κ2) is 8.12. The SMILES string of the molecule is O=C(Nc1ccc(F)c(C(=O)c2c[nH]c3ncccc23)c1F)OCc1ccccc1. The number of aromatic nitrogens is 2. The fraction of sp³-hybridized carbons (Fsp3) is 0.0455. The van der Waals surface area contributed by atoms with Gasteiger partial charge in [0.1, 0.15) is 18.1 Å². The number of hydrogen-bond acceptors (Lipinski definition) is 4. The number of aromatic amines is 1. The third kappa shape index (κ3) is 3.75. The molecule has 2 heterocycles. The van der Waals surface area contributed by atoms with E-state index in [9.17, 15) is 18.4 Å². The number of nitrogens with one attached hydrogen (secondary N) is 2. The molecule has 0 spiro atoms. The van der Waals surface area contributed by atoms with Crippen molar-refractivity contribution >= 4 is 28.6 Å². The molecule has 30 heavy (non-hydrogen) atoms. The lowest BCUT2D eigenvalue weighted by Gasteiger charge is -2.11. The van der Waals surface area contributed by atoms with Gasteiger partial charge in [-0.3, -0.25) is 10.1 Å². The molecular formula is C22H15F2N3O3. The van der Waals surface area contributed by atoms with Crippen LogP contribution < -0.4 is 5.32 Å². The maximum Gasteiger partial charge on any atom is 0.412 e. The summed E-state index contributed by atoms with van der Waals surface area (Å²) >= 11 is 0. The normalized spacial score (nSPS) is 10.7. The van der Waals surface area contributed by atoms with Gasteiger partial charge in [-0.15, -0.1) is 0 Å². The number of carbonyl (C=O) groups is 2. The van der Waals surface area contributed by atoms with Crippen LogP contribution in [0.2, 0.25) is 0 Å². The van der Waals surface area contributed by atoms with Crippen LogP contribution in [-0.2, 0) is 11.3 Å². The maximum atomic E-state index is 14.9. The van der Waals surface area contributed by atoms with Gasteiger partial charge in [0, 0.05) is 23.3 Å². The molecule has 4 aromatic rings. The molecule has 0 saturated heterocycles. The lowest BCUT2D eigenvalue weighted by atomic mass is 10.0. The van der Waals surface area contributed by atoms with E-state index >= 15 is 0 Å². The van der Waals surface area contributed by atoms with Crippen molar-refractivity contribution in [3.8, 4) is 0 Å². The zero-order valence-corrected chi connectivity index (χ0v) is 15.5. The Hall–Kier alpha value is -4.07. The highest BCUT2D eigenvalue weighted by Gasteiger charge is 2.25. The van der Waals surface area contributed by atoms with Crippen molar-refractivity contribution in [1.29, 1.82) is 0 Å². The summed E-state index contributed by atoms with van der Waals surface area (Å²) in [4.78, 5) is 31.7. The van der Waals surface area contributed by atoms with Gasteiger partial charge in [0.05, 0.1) is 11.3 Å². The Bertz CT molecular complexity index is 1240. The number of hydrogen-bond donors (Lipinski definition) is 2. The van der Waals surface area contributed by atoms with E-state index in [1.165, 1.54) is 12.4 Å². The van der Waals surface area contributed by atoms with Crippen LogP contribution in [0.3, 0.4) is 0 Å². The Morgan fingerprint density at radius 2 is 1.83 bits per heavy atom. The van der Waals surface area contributed by atoms with Crippen molar-refractivity contribution < 1.29 is 23.1 Å². The largest absolute Gasteiger partial charge is 0.444 e. The number of amides is 1. The molecule has 1 amide bonds. The highest BCUT2D eigenvalue weighted by molar-refractivity contribution is 6.16. The first-order chi connectivity index (χ1) is 14.5. The summed E-state index contributed by atoms with van der Waals surface area (Å²) in [5, 5.41) is 2.64. The van der Waals surface area contributed by atoms with Crippen molar-refractivity contribution in [2.75, 3.05) is 5.32 Å². The fourth-order valence-electron chi connectivity index (χ4n) is 3.00. The van der Waals surface area contributed by atoms with Gasteiger partial charge in [0.15, 0.2) is 5.82 Å². The van der Waals surface area contributed by atoms with Gasteiger partial charge in [0.25, 0.3) is 0 Å². The van der Waals surface area contributed by atoms with Crippen LogP contribution >= 0.6 is 0 Å². The van der Waals surface area contributed by atoms with E-state index in [2.05, 4.69) is 15.3 Å². The van der Waals surface area contributed by atoms with Crippen molar-refractivity contribution in [1.82, 2.24) is 9.97 Å². The zero-order valence-electron chi connectivity index (χ0n) is 15.5. The number of carbonyl (C=O) groups excluding carboxylic acids is 2. The highest BCUT2D eigenvalue weighted by atomic mass is 19.1. The molecule has 150 valence electrons. The summed E-state index contributed by atoms with van der Waals surface area (Å²) in [5.74, 6) is -3.10. The predicted molar refractivity (Wildman–Crippen MR) is 106 cm³/mol. The summed E-state index contributed by atoms with van der Waals surface area (Å²) in [6, 6.07) is 14.1. The number of H-pyrrole nitrogens is 1. The van der Waals surface area contributed by atoms with Crippen LogP contribution in [0.15, 0.2) is 67.0 Å². The average Bonchev–Trinajstić information content (AvgIpc) is 3.19. The molecule has 0 aliphatic carbocycles. The average molecular weight is 407 g/mol. The first kappa shape index (κ1) is 19.3. The molecule has 8 heteroatoms.